The molecule has 8 heteroatoms. The molecular weight excluding hydrogens is 488 g/mol. The lowest BCUT2D eigenvalue weighted by atomic mass is 9.66. The Morgan fingerprint density at radius 3 is 2.59 bits per heavy atom. The lowest BCUT2D eigenvalue weighted by molar-refractivity contribution is -0.156. The Kier molecular flexibility index (Phi) is 9.95. The van der Waals surface area contributed by atoms with Crippen molar-refractivity contribution < 1.29 is 24.2 Å². The predicted octanol–water partition coefficient (Wildman–Crippen LogP) is 4.20. The van der Waals surface area contributed by atoms with Gasteiger partial charge >= 0.3 is 5.97 Å². The molecule has 0 aromatic rings. The number of rotatable bonds is 15. The molecule has 1 N–H and O–H groups in total. The molecule has 0 radical (unpaired) electrons. The lowest BCUT2D eigenvalue weighted by Crippen LogP contribution is -2.58. The zero-order valence-corrected chi connectivity index (χ0v) is 23.9. The third-order valence-electron chi connectivity index (χ3n) is 8.81. The van der Waals surface area contributed by atoms with E-state index in [0.29, 0.717) is 25.9 Å². The molecule has 7 nitrogen and oxygen atoms in total. The van der Waals surface area contributed by atoms with E-state index < -0.39 is 33.4 Å². The van der Waals surface area contributed by atoms with Crippen LogP contribution in [0, 0.1) is 17.8 Å². The summed E-state index contributed by atoms with van der Waals surface area (Å²) in [6.45, 7) is 16.8. The molecule has 3 heterocycles. The van der Waals surface area contributed by atoms with Crippen molar-refractivity contribution in [3.63, 3.8) is 0 Å². The van der Waals surface area contributed by atoms with Crippen LogP contribution >= 0.6 is 11.8 Å². The number of thioether (sulfide) groups is 1. The maximum atomic E-state index is 14.4. The Morgan fingerprint density at radius 1 is 1.27 bits per heavy atom. The van der Waals surface area contributed by atoms with Gasteiger partial charge in [-0.05, 0) is 38.5 Å². The number of aliphatic hydroxyl groups is 1. The summed E-state index contributed by atoms with van der Waals surface area (Å²) in [5.41, 5.74) is 0. The highest BCUT2D eigenvalue weighted by Gasteiger charge is 2.78. The van der Waals surface area contributed by atoms with Crippen molar-refractivity contribution >= 4 is 29.5 Å². The molecule has 0 aromatic carbocycles. The van der Waals surface area contributed by atoms with Crippen LogP contribution in [-0.2, 0) is 19.1 Å². The van der Waals surface area contributed by atoms with Gasteiger partial charge in [0.2, 0.25) is 11.8 Å². The summed E-state index contributed by atoms with van der Waals surface area (Å²) in [5.74, 6) is -1.89. The number of aliphatic hydroxyl groups excluding tert-OH is 1. The van der Waals surface area contributed by atoms with Gasteiger partial charge in [-0.2, -0.15) is 0 Å². The van der Waals surface area contributed by atoms with Crippen LogP contribution < -0.4 is 0 Å². The van der Waals surface area contributed by atoms with E-state index in [1.165, 1.54) is 0 Å². The largest absolute Gasteiger partial charge is 0.465 e. The summed E-state index contributed by atoms with van der Waals surface area (Å²) in [6.07, 6.45) is 9.11. The van der Waals surface area contributed by atoms with E-state index in [0.717, 1.165) is 32.1 Å². The molecule has 0 aliphatic carbocycles. The first-order chi connectivity index (χ1) is 17.7. The molecule has 0 saturated carbocycles. The molecule has 2 unspecified atom stereocenters. The second kappa shape index (κ2) is 12.4. The summed E-state index contributed by atoms with van der Waals surface area (Å²) in [6, 6.07) is -1.21. The monoisotopic (exact) mass is 534 g/mol. The molecule has 208 valence electrons. The zero-order chi connectivity index (χ0) is 27.4. The standard InChI is InChI=1S/C29H46N2O5S/c1-7-11-13-17-30(16-9-3)26(34)24-29-15-14-28(6,37-29)23(27(35)36-18-12-8-2)22(29)25(33)31(24)21(19-32)20(5)10-4/h8-9,20-24,32H,2-3,7,10-19H2,1,4-6H3/t20-,21-,22-,23-,24?,28+,29?/m0/s1. The maximum Gasteiger partial charge on any atom is 0.311 e. The van der Waals surface area contributed by atoms with Crippen molar-refractivity contribution in [3.05, 3.63) is 25.3 Å². The van der Waals surface area contributed by atoms with Gasteiger partial charge in [-0.15, -0.1) is 24.9 Å². The molecule has 1 spiro atoms. The molecule has 3 saturated heterocycles. The number of esters is 1. The van der Waals surface area contributed by atoms with Gasteiger partial charge in [0.25, 0.3) is 0 Å². The van der Waals surface area contributed by atoms with Crippen molar-refractivity contribution in [2.45, 2.75) is 94.2 Å². The van der Waals surface area contributed by atoms with Crippen LogP contribution in [0.2, 0.25) is 0 Å². The number of carbonyl (C=O) groups excluding carboxylic acids is 3. The van der Waals surface area contributed by atoms with E-state index >= 15 is 0 Å². The Morgan fingerprint density at radius 2 is 2.00 bits per heavy atom. The molecular formula is C29H46N2O5S. The van der Waals surface area contributed by atoms with E-state index in [9.17, 15) is 19.5 Å². The Bertz CT molecular complexity index is 880. The number of likely N-dealkylation sites (tertiary alicyclic amines) is 1. The van der Waals surface area contributed by atoms with Gasteiger partial charge in [0, 0.05) is 17.8 Å². The molecule has 37 heavy (non-hydrogen) atoms. The Labute approximate surface area is 227 Å². The van der Waals surface area contributed by atoms with Gasteiger partial charge in [-0.3, -0.25) is 14.4 Å². The van der Waals surface area contributed by atoms with Gasteiger partial charge in [0.05, 0.1) is 35.8 Å². The molecule has 3 rings (SSSR count). The average molecular weight is 535 g/mol. The first-order valence-electron chi connectivity index (χ1n) is 14.0. The Hall–Kier alpha value is -1.80. The molecule has 7 atom stereocenters. The number of ether oxygens (including phenoxy) is 1. The number of hydrogen-bond acceptors (Lipinski definition) is 6. The first-order valence-corrected chi connectivity index (χ1v) is 14.8. The molecule has 2 bridgehead atoms. The van der Waals surface area contributed by atoms with E-state index in [-0.39, 0.29) is 36.9 Å². The van der Waals surface area contributed by atoms with E-state index in [4.69, 9.17) is 4.74 Å². The minimum Gasteiger partial charge on any atom is -0.465 e. The lowest BCUT2D eigenvalue weighted by Gasteiger charge is -2.41. The fourth-order valence-electron chi connectivity index (χ4n) is 6.68. The van der Waals surface area contributed by atoms with Gasteiger partial charge in [-0.25, -0.2) is 0 Å². The number of nitrogens with zero attached hydrogens (tertiary/aromatic N) is 2. The molecule has 3 aliphatic rings. The summed E-state index contributed by atoms with van der Waals surface area (Å²) in [5, 5.41) is 10.5. The highest BCUT2D eigenvalue weighted by molar-refractivity contribution is 8.02. The summed E-state index contributed by atoms with van der Waals surface area (Å²) in [4.78, 5) is 45.6. The van der Waals surface area contributed by atoms with Gasteiger partial charge in [0.1, 0.15) is 6.04 Å². The van der Waals surface area contributed by atoms with Crippen molar-refractivity contribution in [1.82, 2.24) is 9.80 Å². The maximum absolute atomic E-state index is 14.4. The van der Waals surface area contributed by atoms with Crippen molar-refractivity contribution in [2.24, 2.45) is 17.8 Å². The minimum absolute atomic E-state index is 0.00296. The topological polar surface area (TPSA) is 87.1 Å². The second-order valence-electron chi connectivity index (χ2n) is 11.1. The number of hydrogen-bond donors (Lipinski definition) is 1. The fraction of sp³-hybridized carbons (Fsp3) is 0.759. The smallest absolute Gasteiger partial charge is 0.311 e. The highest BCUT2D eigenvalue weighted by Crippen LogP contribution is 2.72. The van der Waals surface area contributed by atoms with Crippen LogP contribution in [0.1, 0.15) is 72.6 Å². The molecule has 3 fully saturated rings. The van der Waals surface area contributed by atoms with Crippen LogP contribution in [0.15, 0.2) is 25.3 Å². The van der Waals surface area contributed by atoms with Crippen LogP contribution in [0.5, 0.6) is 0 Å². The average Bonchev–Trinajstić information content (AvgIpc) is 3.44. The van der Waals surface area contributed by atoms with Crippen molar-refractivity contribution in [1.29, 1.82) is 0 Å². The normalized spacial score (nSPS) is 31.6. The molecule has 2 amide bonds. The summed E-state index contributed by atoms with van der Waals surface area (Å²) >= 11 is 1.64. The van der Waals surface area contributed by atoms with E-state index in [1.54, 1.807) is 28.8 Å². The number of fused-ring (bicyclic) bond motifs is 1. The fourth-order valence-corrected chi connectivity index (χ4v) is 9.00. The van der Waals surface area contributed by atoms with E-state index in [2.05, 4.69) is 20.1 Å². The molecule has 0 aromatic heterocycles. The van der Waals surface area contributed by atoms with Crippen molar-refractivity contribution in [2.75, 3.05) is 26.3 Å². The van der Waals surface area contributed by atoms with Crippen LogP contribution in [-0.4, -0.2) is 80.6 Å². The number of unbranched alkanes of at least 4 members (excludes halogenated alkanes) is 2. The van der Waals surface area contributed by atoms with Crippen molar-refractivity contribution in [3.8, 4) is 0 Å². The number of amides is 2. The zero-order valence-electron chi connectivity index (χ0n) is 23.1. The first kappa shape index (κ1) is 29.8. The predicted molar refractivity (Wildman–Crippen MR) is 148 cm³/mol. The third-order valence-corrected chi connectivity index (χ3v) is 10.8. The summed E-state index contributed by atoms with van der Waals surface area (Å²) in [7, 11) is 0. The SMILES string of the molecule is C=CCCOC(=O)[C@@H]1[C@H]2C(=O)N([C@@H](CO)[C@@H](C)CC)C(C(=O)N(CC=C)CCCCC)C23CC[C@@]1(C)S3. The minimum atomic E-state index is -0.726. The third kappa shape index (κ3) is 5.25. The quantitative estimate of drug-likeness (QED) is 0.193. The van der Waals surface area contributed by atoms with Gasteiger partial charge < -0.3 is 19.6 Å². The highest BCUT2D eigenvalue weighted by atomic mass is 32.2. The van der Waals surface area contributed by atoms with Crippen LogP contribution in [0.3, 0.4) is 0 Å². The second-order valence-corrected chi connectivity index (χ2v) is 13.0. The molecule has 3 aliphatic heterocycles. The number of carbonyl (C=O) groups is 3. The van der Waals surface area contributed by atoms with Gasteiger partial charge in [-0.1, -0.05) is 52.2 Å². The summed E-state index contributed by atoms with van der Waals surface area (Å²) < 4.78 is 4.45. The van der Waals surface area contributed by atoms with Crippen LogP contribution in [0.25, 0.3) is 0 Å². The van der Waals surface area contributed by atoms with Crippen LogP contribution in [0.4, 0.5) is 0 Å². The van der Waals surface area contributed by atoms with E-state index in [1.807, 2.05) is 25.7 Å². The Balaban J connectivity index is 2.07. The van der Waals surface area contributed by atoms with Gasteiger partial charge in [0.15, 0.2) is 0 Å².